The fraction of sp³-hybridized carbons (Fsp3) is 0.273. The average molecular weight is 350 g/mol. The van der Waals surface area contributed by atoms with Gasteiger partial charge in [-0.1, -0.05) is 5.21 Å². The van der Waals surface area contributed by atoms with Gasteiger partial charge in [0.05, 0.1) is 0 Å². The Morgan fingerprint density at radius 3 is 2.76 bits per heavy atom. The molecular weight excluding hydrogens is 338 g/mol. The summed E-state index contributed by atoms with van der Waals surface area (Å²) in [5.41, 5.74) is 0.679. The van der Waals surface area contributed by atoms with Crippen LogP contribution in [0.2, 0.25) is 0 Å². The molecule has 0 bridgehead atoms. The molecule has 0 unspecified atom stereocenters. The number of anilines is 1. The van der Waals surface area contributed by atoms with Crippen LogP contribution < -0.4 is 5.32 Å². The lowest BCUT2D eigenvalue weighted by Gasteiger charge is -2.08. The summed E-state index contributed by atoms with van der Waals surface area (Å²) in [6.07, 6.45) is 5.06. The zero-order valence-corrected chi connectivity index (χ0v) is 13.0. The highest BCUT2D eigenvalue weighted by molar-refractivity contribution is 9.10. The third-order valence-corrected chi connectivity index (χ3v) is 3.23. The van der Waals surface area contributed by atoms with Gasteiger partial charge in [0, 0.05) is 26.0 Å². The van der Waals surface area contributed by atoms with E-state index in [-0.39, 0.29) is 0 Å². The molecule has 0 aromatic carbocycles. The van der Waals surface area contributed by atoms with Crippen molar-refractivity contribution in [3.05, 3.63) is 23.3 Å². The fourth-order valence-corrected chi connectivity index (χ4v) is 2.27. The third kappa shape index (κ3) is 2.61. The number of halogens is 1. The quantitative estimate of drug-likeness (QED) is 0.751. The van der Waals surface area contributed by atoms with Crippen molar-refractivity contribution < 1.29 is 0 Å². The third-order valence-electron chi connectivity index (χ3n) is 2.69. The first-order chi connectivity index (χ1) is 10.2. The summed E-state index contributed by atoms with van der Waals surface area (Å²) in [6, 6.07) is 0. The lowest BCUT2D eigenvalue weighted by atomic mass is 10.4. The molecular formula is C11H12BrN9. The van der Waals surface area contributed by atoms with Gasteiger partial charge < -0.3 is 5.32 Å². The largest absolute Gasteiger partial charge is 0.354 e. The molecule has 0 radical (unpaired) electrons. The normalized spacial score (nSPS) is 10.8. The minimum absolute atomic E-state index is 0.474. The van der Waals surface area contributed by atoms with Gasteiger partial charge in [-0.2, -0.15) is 15.0 Å². The zero-order chi connectivity index (χ0) is 14.8. The number of nitrogens with one attached hydrogen (secondary N) is 1. The molecule has 3 aromatic rings. The molecule has 0 fully saturated rings. The highest BCUT2D eigenvalue weighted by atomic mass is 79.9. The number of rotatable bonds is 4. The van der Waals surface area contributed by atoms with E-state index in [1.54, 1.807) is 35.0 Å². The minimum Gasteiger partial charge on any atom is -0.354 e. The summed E-state index contributed by atoms with van der Waals surface area (Å²) < 4.78 is 3.89. The summed E-state index contributed by atoms with van der Waals surface area (Å²) in [6.45, 7) is 2.68. The minimum atomic E-state index is 0.474. The summed E-state index contributed by atoms with van der Waals surface area (Å²) in [5, 5.41) is 11.0. The van der Waals surface area contributed by atoms with E-state index >= 15 is 0 Å². The molecule has 3 aromatic heterocycles. The monoisotopic (exact) mass is 349 g/mol. The molecule has 9 nitrogen and oxygen atoms in total. The van der Waals surface area contributed by atoms with Crippen LogP contribution in [0.1, 0.15) is 6.92 Å². The van der Waals surface area contributed by atoms with Gasteiger partial charge >= 0.3 is 0 Å². The van der Waals surface area contributed by atoms with Crippen LogP contribution in [0.3, 0.4) is 0 Å². The van der Waals surface area contributed by atoms with Crippen LogP contribution in [0.15, 0.2) is 23.3 Å². The van der Waals surface area contributed by atoms with Crippen molar-refractivity contribution in [3.63, 3.8) is 0 Å². The molecule has 0 atom stereocenters. The van der Waals surface area contributed by atoms with Crippen molar-refractivity contribution >= 4 is 21.9 Å². The van der Waals surface area contributed by atoms with Gasteiger partial charge in [0.15, 0.2) is 10.4 Å². The van der Waals surface area contributed by atoms with E-state index in [2.05, 4.69) is 51.5 Å². The predicted molar refractivity (Wildman–Crippen MR) is 78.8 cm³/mol. The Morgan fingerprint density at radius 1 is 1.29 bits per heavy atom. The van der Waals surface area contributed by atoms with Crippen molar-refractivity contribution in [3.8, 4) is 17.5 Å². The summed E-state index contributed by atoms with van der Waals surface area (Å²) in [7, 11) is 1.78. The van der Waals surface area contributed by atoms with Gasteiger partial charge in [-0.05, 0) is 22.9 Å². The number of hydrogen-bond acceptors (Lipinski definition) is 7. The lowest BCUT2D eigenvalue weighted by molar-refractivity contribution is 0.715. The second-order valence-electron chi connectivity index (χ2n) is 4.14. The molecule has 0 spiro atoms. The van der Waals surface area contributed by atoms with Crippen LogP contribution in [0.4, 0.5) is 5.95 Å². The maximum absolute atomic E-state index is 4.45. The molecule has 3 rings (SSSR count). The standard InChI is InChI=1S/C11H12BrN9/c1-3-14-10-15-9(7-8(12)18-19-20(7)2)16-11(17-10)21-5-4-13-6-21/h4-6H,3H2,1-2H3,(H,14,15,16,17). The van der Waals surface area contributed by atoms with E-state index < -0.39 is 0 Å². The van der Waals surface area contributed by atoms with Gasteiger partial charge in [0.25, 0.3) is 0 Å². The summed E-state index contributed by atoms with van der Waals surface area (Å²) in [4.78, 5) is 17.2. The Morgan fingerprint density at radius 2 is 2.14 bits per heavy atom. The molecule has 0 aliphatic carbocycles. The van der Waals surface area contributed by atoms with Gasteiger partial charge in [-0.3, -0.25) is 4.57 Å². The van der Waals surface area contributed by atoms with Crippen molar-refractivity contribution in [1.29, 1.82) is 0 Å². The Hall–Kier alpha value is -2.36. The second kappa shape index (κ2) is 5.56. The van der Waals surface area contributed by atoms with Crippen LogP contribution in [0.25, 0.3) is 17.5 Å². The van der Waals surface area contributed by atoms with E-state index in [9.17, 15) is 0 Å². The topological polar surface area (TPSA) is 99.2 Å². The smallest absolute Gasteiger partial charge is 0.240 e. The molecule has 0 aliphatic heterocycles. The molecule has 0 aliphatic rings. The van der Waals surface area contributed by atoms with Crippen molar-refractivity contribution in [2.24, 2.45) is 7.05 Å². The van der Waals surface area contributed by atoms with E-state index in [1.165, 1.54) is 0 Å². The SMILES string of the molecule is CCNc1nc(-c2c(Br)nnn2C)nc(-n2ccnc2)n1. The van der Waals surface area contributed by atoms with Crippen molar-refractivity contribution in [2.45, 2.75) is 6.92 Å². The number of nitrogens with zero attached hydrogens (tertiary/aromatic N) is 8. The predicted octanol–water partition coefficient (Wildman–Crippen LogP) is 1.05. The molecule has 108 valence electrons. The van der Waals surface area contributed by atoms with Crippen molar-refractivity contribution in [2.75, 3.05) is 11.9 Å². The second-order valence-corrected chi connectivity index (χ2v) is 4.89. The average Bonchev–Trinajstić information content (AvgIpc) is 3.09. The maximum atomic E-state index is 4.45. The van der Waals surface area contributed by atoms with Gasteiger partial charge in [0.2, 0.25) is 11.9 Å². The maximum Gasteiger partial charge on any atom is 0.240 e. The first kappa shape index (κ1) is 13.6. The molecule has 0 saturated carbocycles. The zero-order valence-electron chi connectivity index (χ0n) is 11.4. The van der Waals surface area contributed by atoms with Crippen LogP contribution >= 0.6 is 15.9 Å². The number of imidazole rings is 1. The first-order valence-corrected chi connectivity index (χ1v) is 7.02. The first-order valence-electron chi connectivity index (χ1n) is 6.23. The number of aromatic nitrogens is 8. The highest BCUT2D eigenvalue weighted by Crippen LogP contribution is 2.23. The van der Waals surface area contributed by atoms with E-state index in [0.717, 1.165) is 0 Å². The van der Waals surface area contributed by atoms with E-state index in [1.807, 2.05) is 6.92 Å². The van der Waals surface area contributed by atoms with E-state index in [0.29, 0.717) is 34.6 Å². The Kier molecular flexibility index (Phi) is 3.60. The van der Waals surface area contributed by atoms with Gasteiger partial charge in [-0.25, -0.2) is 9.67 Å². The van der Waals surface area contributed by atoms with Gasteiger partial charge in [0.1, 0.15) is 12.0 Å². The molecule has 10 heteroatoms. The number of aryl methyl sites for hydroxylation is 1. The molecule has 0 amide bonds. The van der Waals surface area contributed by atoms with E-state index in [4.69, 9.17) is 0 Å². The Labute approximate surface area is 128 Å². The van der Waals surface area contributed by atoms with Crippen LogP contribution in [0, 0.1) is 0 Å². The van der Waals surface area contributed by atoms with Crippen molar-refractivity contribution in [1.82, 2.24) is 39.5 Å². The Balaban J connectivity index is 2.16. The highest BCUT2D eigenvalue weighted by Gasteiger charge is 2.17. The van der Waals surface area contributed by atoms with Crippen LogP contribution in [-0.4, -0.2) is 46.0 Å². The molecule has 3 heterocycles. The molecule has 1 N–H and O–H groups in total. The lowest BCUT2D eigenvalue weighted by Crippen LogP contribution is -2.10. The Bertz CT molecular complexity index is 730. The summed E-state index contributed by atoms with van der Waals surface area (Å²) in [5.74, 6) is 1.44. The molecule has 21 heavy (non-hydrogen) atoms. The molecule has 0 saturated heterocycles. The number of hydrogen-bond donors (Lipinski definition) is 1. The van der Waals surface area contributed by atoms with Crippen LogP contribution in [-0.2, 0) is 7.05 Å². The van der Waals surface area contributed by atoms with Gasteiger partial charge in [-0.15, -0.1) is 5.10 Å². The summed E-state index contributed by atoms with van der Waals surface area (Å²) >= 11 is 3.36. The van der Waals surface area contributed by atoms with Crippen LogP contribution in [0.5, 0.6) is 0 Å². The fourth-order valence-electron chi connectivity index (χ4n) is 1.77.